The molecule has 0 aromatic carbocycles. The van der Waals surface area contributed by atoms with E-state index in [-0.39, 0.29) is 5.96 Å². The Morgan fingerprint density at radius 2 is 2.39 bits per heavy atom. The second-order valence-corrected chi connectivity index (χ2v) is 4.65. The Labute approximate surface area is 106 Å². The zero-order valence-electron chi connectivity index (χ0n) is 10.4. The first kappa shape index (κ1) is 12.8. The van der Waals surface area contributed by atoms with E-state index in [4.69, 9.17) is 11.1 Å². The van der Waals surface area contributed by atoms with Gasteiger partial charge in [-0.25, -0.2) is 4.39 Å². The largest absolute Gasteiger partial charge is 0.370 e. The van der Waals surface area contributed by atoms with Gasteiger partial charge in [0.2, 0.25) is 0 Å². The Bertz CT molecular complexity index is 442. The van der Waals surface area contributed by atoms with E-state index < -0.39 is 6.17 Å². The molecular weight excluding hydrogens is 233 g/mol. The fourth-order valence-corrected chi connectivity index (χ4v) is 2.00. The minimum atomic E-state index is -0.675. The van der Waals surface area contributed by atoms with Crippen LogP contribution >= 0.6 is 0 Å². The number of aromatic nitrogens is 1. The van der Waals surface area contributed by atoms with Crippen LogP contribution in [0, 0.1) is 12.3 Å². The van der Waals surface area contributed by atoms with Gasteiger partial charge >= 0.3 is 0 Å². The molecule has 1 aromatic rings. The third kappa shape index (κ3) is 3.16. The first-order valence-electron chi connectivity index (χ1n) is 5.97. The molecule has 4 N–H and O–H groups in total. The third-order valence-electron chi connectivity index (χ3n) is 2.95. The summed E-state index contributed by atoms with van der Waals surface area (Å²) in [6.07, 6.45) is 1.84. The molecule has 0 amide bonds. The second kappa shape index (κ2) is 5.30. The minimum absolute atomic E-state index is 0.101. The fraction of sp³-hybridized carbons (Fsp3) is 0.500. The minimum Gasteiger partial charge on any atom is -0.370 e. The Balaban J connectivity index is 1.99. The van der Waals surface area contributed by atoms with Crippen molar-refractivity contribution in [2.24, 2.45) is 5.73 Å². The van der Waals surface area contributed by atoms with E-state index in [1.807, 2.05) is 17.9 Å². The molecule has 0 saturated carbocycles. The Morgan fingerprint density at radius 1 is 1.67 bits per heavy atom. The number of rotatable bonds is 4. The van der Waals surface area contributed by atoms with Crippen LogP contribution < -0.4 is 11.1 Å². The van der Waals surface area contributed by atoms with E-state index in [0.717, 1.165) is 29.9 Å². The molecular formula is C12H18FN5. The molecule has 5 nitrogen and oxygen atoms in total. The van der Waals surface area contributed by atoms with Crippen molar-refractivity contribution in [2.75, 3.05) is 25.0 Å². The summed E-state index contributed by atoms with van der Waals surface area (Å²) in [5, 5.41) is 10.1. The standard InChI is InChI=1S/C12H18FN5/c1-8-4-11(17-12(14)15)10(16-5-8)2-3-18-6-9(13)7-18/h4-5,9H,2-3,6-7H2,1H3,(H4,14,15,17). The van der Waals surface area contributed by atoms with Crippen molar-refractivity contribution in [3.05, 3.63) is 23.5 Å². The first-order valence-corrected chi connectivity index (χ1v) is 5.97. The molecule has 0 bridgehead atoms. The number of likely N-dealkylation sites (tertiary alicyclic amines) is 1. The first-order chi connectivity index (χ1) is 8.54. The lowest BCUT2D eigenvalue weighted by atomic mass is 10.1. The van der Waals surface area contributed by atoms with Crippen LogP contribution in [-0.2, 0) is 6.42 Å². The molecule has 98 valence electrons. The summed E-state index contributed by atoms with van der Waals surface area (Å²) >= 11 is 0. The molecule has 1 fully saturated rings. The van der Waals surface area contributed by atoms with Gasteiger partial charge < -0.3 is 11.1 Å². The van der Waals surface area contributed by atoms with E-state index >= 15 is 0 Å². The third-order valence-corrected chi connectivity index (χ3v) is 2.95. The molecule has 1 saturated heterocycles. The highest BCUT2D eigenvalue weighted by atomic mass is 19.1. The zero-order valence-corrected chi connectivity index (χ0v) is 10.4. The van der Waals surface area contributed by atoms with Crippen molar-refractivity contribution in [1.82, 2.24) is 9.88 Å². The molecule has 1 aromatic heterocycles. The summed E-state index contributed by atoms with van der Waals surface area (Å²) in [6, 6.07) is 1.91. The van der Waals surface area contributed by atoms with Crippen LogP contribution in [0.15, 0.2) is 12.3 Å². The molecule has 0 radical (unpaired) electrons. The van der Waals surface area contributed by atoms with Gasteiger partial charge in [-0.05, 0) is 18.6 Å². The SMILES string of the molecule is Cc1cnc(CCN2CC(F)C2)c(NC(=N)N)c1. The smallest absolute Gasteiger partial charge is 0.190 e. The lowest BCUT2D eigenvalue weighted by Crippen LogP contribution is -2.49. The number of hydrogen-bond acceptors (Lipinski definition) is 3. The Morgan fingerprint density at radius 3 is 3.00 bits per heavy atom. The normalized spacial score (nSPS) is 16.3. The highest BCUT2D eigenvalue weighted by Gasteiger charge is 2.25. The summed E-state index contributed by atoms with van der Waals surface area (Å²) in [7, 11) is 0. The van der Waals surface area contributed by atoms with Gasteiger partial charge in [0.05, 0.1) is 11.4 Å². The van der Waals surface area contributed by atoms with Crippen molar-refractivity contribution >= 4 is 11.6 Å². The van der Waals surface area contributed by atoms with Gasteiger partial charge in [-0.3, -0.25) is 15.3 Å². The number of alkyl halides is 1. The summed E-state index contributed by atoms with van der Waals surface area (Å²) in [6.45, 7) is 3.75. The molecule has 0 unspecified atom stereocenters. The van der Waals surface area contributed by atoms with Crippen LogP contribution in [0.1, 0.15) is 11.3 Å². The Hall–Kier alpha value is -1.69. The van der Waals surface area contributed by atoms with E-state index in [9.17, 15) is 4.39 Å². The maximum absolute atomic E-state index is 12.7. The summed E-state index contributed by atoms with van der Waals surface area (Å²) in [5.74, 6) is -0.101. The van der Waals surface area contributed by atoms with Gasteiger partial charge in [0, 0.05) is 32.3 Å². The van der Waals surface area contributed by atoms with Crippen LogP contribution in [0.3, 0.4) is 0 Å². The van der Waals surface area contributed by atoms with E-state index in [0.29, 0.717) is 13.1 Å². The number of hydrogen-bond donors (Lipinski definition) is 3. The van der Waals surface area contributed by atoms with Gasteiger partial charge in [-0.15, -0.1) is 0 Å². The molecule has 1 aliphatic rings. The van der Waals surface area contributed by atoms with E-state index in [1.165, 1.54) is 0 Å². The van der Waals surface area contributed by atoms with E-state index in [2.05, 4.69) is 10.3 Å². The lowest BCUT2D eigenvalue weighted by molar-refractivity contribution is 0.0668. The maximum Gasteiger partial charge on any atom is 0.190 e. The maximum atomic E-state index is 12.7. The van der Waals surface area contributed by atoms with Crippen LogP contribution in [0.25, 0.3) is 0 Å². The highest BCUT2D eigenvalue weighted by Crippen LogP contribution is 2.17. The molecule has 0 atom stereocenters. The fourth-order valence-electron chi connectivity index (χ4n) is 2.00. The van der Waals surface area contributed by atoms with Crippen molar-refractivity contribution in [2.45, 2.75) is 19.5 Å². The number of nitrogens with zero attached hydrogens (tertiary/aromatic N) is 2. The van der Waals surface area contributed by atoms with Crippen LogP contribution in [0.4, 0.5) is 10.1 Å². The highest BCUT2D eigenvalue weighted by molar-refractivity contribution is 5.90. The molecule has 0 aliphatic carbocycles. The molecule has 1 aliphatic heterocycles. The molecule has 2 rings (SSSR count). The lowest BCUT2D eigenvalue weighted by Gasteiger charge is -2.34. The van der Waals surface area contributed by atoms with Crippen LogP contribution in [-0.4, -0.2) is 41.6 Å². The number of nitrogens with one attached hydrogen (secondary N) is 2. The number of guanidine groups is 1. The van der Waals surface area contributed by atoms with E-state index in [1.54, 1.807) is 6.20 Å². The van der Waals surface area contributed by atoms with Gasteiger partial charge in [0.1, 0.15) is 6.17 Å². The number of halogens is 1. The van der Waals surface area contributed by atoms with Gasteiger partial charge in [0.15, 0.2) is 5.96 Å². The zero-order chi connectivity index (χ0) is 13.1. The number of aryl methyl sites for hydroxylation is 1. The molecule has 2 heterocycles. The van der Waals surface area contributed by atoms with Crippen molar-refractivity contribution < 1.29 is 4.39 Å². The predicted molar refractivity (Wildman–Crippen MR) is 69.6 cm³/mol. The van der Waals surface area contributed by atoms with Crippen molar-refractivity contribution in [3.8, 4) is 0 Å². The number of pyridine rings is 1. The van der Waals surface area contributed by atoms with Crippen LogP contribution in [0.2, 0.25) is 0 Å². The molecule has 6 heteroatoms. The number of anilines is 1. The molecule has 0 spiro atoms. The summed E-state index contributed by atoms with van der Waals surface area (Å²) < 4.78 is 12.7. The topological polar surface area (TPSA) is 78.0 Å². The van der Waals surface area contributed by atoms with Gasteiger partial charge in [-0.2, -0.15) is 0 Å². The number of nitrogens with two attached hydrogens (primary N) is 1. The monoisotopic (exact) mass is 251 g/mol. The predicted octanol–water partition coefficient (Wildman–Crippen LogP) is 0.892. The average molecular weight is 251 g/mol. The summed E-state index contributed by atoms with van der Waals surface area (Å²) in [5.41, 5.74) is 7.97. The van der Waals surface area contributed by atoms with Gasteiger partial charge in [-0.1, -0.05) is 0 Å². The van der Waals surface area contributed by atoms with Gasteiger partial charge in [0.25, 0.3) is 0 Å². The Kier molecular flexibility index (Phi) is 3.76. The average Bonchev–Trinajstić information content (AvgIpc) is 2.24. The second-order valence-electron chi connectivity index (χ2n) is 4.65. The van der Waals surface area contributed by atoms with Crippen LogP contribution in [0.5, 0.6) is 0 Å². The summed E-state index contributed by atoms with van der Waals surface area (Å²) in [4.78, 5) is 6.39. The quantitative estimate of drug-likeness (QED) is 0.548. The van der Waals surface area contributed by atoms with Crippen molar-refractivity contribution in [1.29, 1.82) is 5.41 Å². The molecule has 18 heavy (non-hydrogen) atoms. The van der Waals surface area contributed by atoms with Crippen molar-refractivity contribution in [3.63, 3.8) is 0 Å².